The molecule has 0 saturated heterocycles. The second-order valence-corrected chi connectivity index (χ2v) is 4.46. The Hall–Kier alpha value is 0.113. The molecule has 0 fully saturated rings. The Kier molecular flexibility index (Phi) is 6.69. The minimum absolute atomic E-state index is 0. The summed E-state index contributed by atoms with van der Waals surface area (Å²) in [4.78, 5) is 16.6. The van der Waals surface area contributed by atoms with Gasteiger partial charge in [-0.1, -0.05) is 18.2 Å². The summed E-state index contributed by atoms with van der Waals surface area (Å²) < 4.78 is 29.5. The van der Waals surface area contributed by atoms with Gasteiger partial charge >= 0.3 is 16.1 Å². The summed E-state index contributed by atoms with van der Waals surface area (Å²) in [6.45, 7) is 0. The number of hydrogen-bond donors (Lipinski definition) is 2. The molecule has 80 valence electrons. The molecule has 0 aromatic heterocycles. The summed E-state index contributed by atoms with van der Waals surface area (Å²) in [5.74, 6) is 0.210. The van der Waals surface area contributed by atoms with E-state index in [2.05, 4.69) is 8.83 Å². The SMILES string of the molecule is O=[P+](Oc1ccccc1)OP(=O)(O)O.[Zr]. The van der Waals surface area contributed by atoms with Crippen molar-refractivity contribution < 1.29 is 54.0 Å². The quantitative estimate of drug-likeness (QED) is 0.819. The van der Waals surface area contributed by atoms with Crippen molar-refractivity contribution >= 4 is 16.1 Å². The van der Waals surface area contributed by atoms with Gasteiger partial charge in [0.2, 0.25) is 0 Å². The van der Waals surface area contributed by atoms with Crippen LogP contribution in [0.5, 0.6) is 5.75 Å². The normalized spacial score (nSPS) is 11.5. The molecule has 1 aromatic rings. The van der Waals surface area contributed by atoms with E-state index in [1.54, 1.807) is 18.2 Å². The molecule has 15 heavy (non-hydrogen) atoms. The zero-order valence-corrected chi connectivity index (χ0v) is 11.6. The molecule has 2 N–H and O–H groups in total. The average Bonchev–Trinajstić information content (AvgIpc) is 2.02. The van der Waals surface area contributed by atoms with E-state index in [9.17, 15) is 9.13 Å². The number of hydrogen-bond acceptors (Lipinski definition) is 4. The minimum atomic E-state index is -4.77. The van der Waals surface area contributed by atoms with Gasteiger partial charge in [-0.25, -0.2) is 9.09 Å². The molecule has 1 aromatic carbocycles. The standard InChI is InChI=1S/C6H6O6P2.Zr/c7-13(12-14(8,9)10)11-6-4-2-1-3-5-6;/h1-5H,(H-,8,9,10);/p+1. The number of para-hydroxylation sites is 1. The molecule has 0 aliphatic heterocycles. The van der Waals surface area contributed by atoms with Gasteiger partial charge in [0.05, 0.1) is 0 Å². The van der Waals surface area contributed by atoms with Crippen LogP contribution in [0.4, 0.5) is 0 Å². The molecule has 6 nitrogen and oxygen atoms in total. The fourth-order valence-electron chi connectivity index (χ4n) is 0.671. The fourth-order valence-corrected chi connectivity index (χ4v) is 1.79. The summed E-state index contributed by atoms with van der Waals surface area (Å²) in [6, 6.07) is 7.92. The van der Waals surface area contributed by atoms with Gasteiger partial charge in [-0.3, -0.25) is 0 Å². The topological polar surface area (TPSA) is 93.1 Å². The van der Waals surface area contributed by atoms with E-state index in [4.69, 9.17) is 9.79 Å². The van der Waals surface area contributed by atoms with E-state index in [0.29, 0.717) is 0 Å². The first-order valence-electron chi connectivity index (χ1n) is 3.43. The van der Waals surface area contributed by atoms with E-state index >= 15 is 0 Å². The van der Waals surface area contributed by atoms with Crippen LogP contribution in [0.3, 0.4) is 0 Å². The molecular weight excluding hydrogens is 321 g/mol. The van der Waals surface area contributed by atoms with Crippen molar-refractivity contribution in [1.29, 1.82) is 0 Å². The molecule has 1 atom stereocenters. The van der Waals surface area contributed by atoms with E-state index < -0.39 is 16.1 Å². The van der Waals surface area contributed by atoms with E-state index in [-0.39, 0.29) is 32.0 Å². The molecule has 9 heteroatoms. The summed E-state index contributed by atoms with van der Waals surface area (Å²) in [5.41, 5.74) is 0. The van der Waals surface area contributed by atoms with Crippen molar-refractivity contribution in [1.82, 2.24) is 0 Å². The van der Waals surface area contributed by atoms with Gasteiger partial charge < -0.3 is 9.79 Å². The maximum atomic E-state index is 10.8. The van der Waals surface area contributed by atoms with Crippen LogP contribution in [0.2, 0.25) is 0 Å². The first kappa shape index (κ1) is 15.1. The molecule has 0 saturated carbocycles. The summed E-state index contributed by atoms with van der Waals surface area (Å²) >= 11 is 0. The van der Waals surface area contributed by atoms with Gasteiger partial charge in [-0.05, 0) is 12.1 Å². The molecule has 0 aliphatic carbocycles. The Bertz CT molecular complexity index is 363. The Morgan fingerprint density at radius 3 is 2.20 bits per heavy atom. The third kappa shape index (κ3) is 7.07. The van der Waals surface area contributed by atoms with Crippen LogP contribution in [0.25, 0.3) is 0 Å². The average molecular weight is 328 g/mol. The molecule has 1 rings (SSSR count). The van der Waals surface area contributed by atoms with E-state index in [1.807, 2.05) is 0 Å². The summed E-state index contributed by atoms with van der Waals surface area (Å²) in [7, 11) is -7.63. The summed E-state index contributed by atoms with van der Waals surface area (Å²) in [5, 5.41) is 0. The third-order valence-electron chi connectivity index (χ3n) is 1.10. The Labute approximate surface area is 106 Å². The van der Waals surface area contributed by atoms with Crippen LogP contribution in [-0.4, -0.2) is 9.79 Å². The van der Waals surface area contributed by atoms with Crippen LogP contribution >= 0.6 is 16.1 Å². The van der Waals surface area contributed by atoms with E-state index in [0.717, 1.165) is 0 Å². The molecule has 0 amide bonds. The van der Waals surface area contributed by atoms with Gasteiger partial charge in [0.15, 0.2) is 5.75 Å². The first-order valence-corrected chi connectivity index (χ1v) is 6.05. The fraction of sp³-hybridized carbons (Fsp3) is 0. The Morgan fingerprint density at radius 2 is 1.73 bits per heavy atom. The third-order valence-corrected chi connectivity index (χ3v) is 2.84. The monoisotopic (exact) mass is 327 g/mol. The van der Waals surface area contributed by atoms with Gasteiger partial charge in [-0.15, -0.1) is 0 Å². The second kappa shape index (κ2) is 6.64. The maximum absolute atomic E-state index is 10.8. The van der Waals surface area contributed by atoms with Gasteiger partial charge in [0.1, 0.15) is 0 Å². The van der Waals surface area contributed by atoms with Crippen molar-refractivity contribution in [3.63, 3.8) is 0 Å². The molecule has 1 unspecified atom stereocenters. The number of benzene rings is 1. The van der Waals surface area contributed by atoms with Crippen molar-refractivity contribution in [3.8, 4) is 5.75 Å². The van der Waals surface area contributed by atoms with Crippen LogP contribution in [0.15, 0.2) is 30.3 Å². The van der Waals surface area contributed by atoms with Gasteiger partial charge in [0, 0.05) is 35.1 Å². The minimum Gasteiger partial charge on any atom is -0.300 e. The predicted molar refractivity (Wildman–Crippen MR) is 47.8 cm³/mol. The maximum Gasteiger partial charge on any atom is 0.761 e. The Balaban J connectivity index is 0.00000196. The van der Waals surface area contributed by atoms with Crippen LogP contribution in [-0.2, 0) is 39.6 Å². The number of phosphoric acid groups is 1. The molecular formula is C6H7O6P2Zr+. The molecule has 0 radical (unpaired) electrons. The molecule has 0 bridgehead atoms. The van der Waals surface area contributed by atoms with Crippen molar-refractivity contribution in [2.45, 2.75) is 0 Å². The second-order valence-electron chi connectivity index (χ2n) is 2.20. The molecule has 0 heterocycles. The first-order chi connectivity index (χ1) is 6.47. The van der Waals surface area contributed by atoms with Gasteiger partial charge in [0.25, 0.3) is 0 Å². The van der Waals surface area contributed by atoms with E-state index in [1.165, 1.54) is 12.1 Å². The summed E-state index contributed by atoms with van der Waals surface area (Å²) in [6.07, 6.45) is 0. The smallest absolute Gasteiger partial charge is 0.300 e. The van der Waals surface area contributed by atoms with Crippen LogP contribution in [0, 0.1) is 0 Å². The number of rotatable bonds is 4. The van der Waals surface area contributed by atoms with Gasteiger partial charge in [-0.2, -0.15) is 0 Å². The van der Waals surface area contributed by atoms with Crippen molar-refractivity contribution in [2.24, 2.45) is 0 Å². The van der Waals surface area contributed by atoms with Crippen LogP contribution < -0.4 is 4.52 Å². The molecule has 0 spiro atoms. The van der Waals surface area contributed by atoms with Crippen molar-refractivity contribution in [3.05, 3.63) is 30.3 Å². The predicted octanol–water partition coefficient (Wildman–Crippen LogP) is 1.83. The molecule has 0 aliphatic rings. The zero-order valence-electron chi connectivity index (χ0n) is 7.31. The largest absolute Gasteiger partial charge is 0.761 e. The Morgan fingerprint density at radius 1 is 1.20 bits per heavy atom. The van der Waals surface area contributed by atoms with Crippen LogP contribution in [0.1, 0.15) is 0 Å². The van der Waals surface area contributed by atoms with Crippen molar-refractivity contribution in [2.75, 3.05) is 0 Å². The zero-order chi connectivity index (χ0) is 10.6.